The number of carboxylic acid groups (broad SMARTS) is 3. The van der Waals surface area contributed by atoms with Gasteiger partial charge in [-0.2, -0.15) is 0 Å². The van der Waals surface area contributed by atoms with Crippen LogP contribution in [0.1, 0.15) is 113 Å². The maximum absolute atomic E-state index is 11.9. The van der Waals surface area contributed by atoms with Crippen LogP contribution in [-0.4, -0.2) is 55.2 Å². The summed E-state index contributed by atoms with van der Waals surface area (Å²) in [7, 11) is 0. The first kappa shape index (κ1) is 38.7. The third-order valence-electron chi connectivity index (χ3n) is 9.74. The van der Waals surface area contributed by atoms with Crippen molar-refractivity contribution in [3.8, 4) is 23.0 Å². The van der Waals surface area contributed by atoms with Crippen LogP contribution in [0.4, 0.5) is 0 Å². The first-order valence-electron chi connectivity index (χ1n) is 18.3. The number of aromatic hydroxyl groups is 3. The molecule has 0 amide bonds. The zero-order chi connectivity index (χ0) is 38.1. The van der Waals surface area contributed by atoms with Crippen molar-refractivity contribution in [2.24, 2.45) is 0 Å². The Kier molecular flexibility index (Phi) is 13.0. The fraction of sp³-hybridized carbons (Fsp3) is 0.372. The molecule has 0 aromatic heterocycles. The van der Waals surface area contributed by atoms with Crippen molar-refractivity contribution in [3.05, 3.63) is 116 Å². The number of carboxylic acids is 3. The van der Waals surface area contributed by atoms with Gasteiger partial charge in [-0.3, -0.25) is 14.4 Å². The molecule has 0 fully saturated rings. The van der Waals surface area contributed by atoms with E-state index in [-0.39, 0.29) is 62.2 Å². The number of rotatable bonds is 15. The van der Waals surface area contributed by atoms with E-state index in [1.807, 2.05) is 18.2 Å². The molecule has 10 heteroatoms. The highest BCUT2D eigenvalue weighted by Gasteiger charge is 2.23. The molecule has 4 aromatic rings. The average Bonchev–Trinajstić information content (AvgIpc) is 3.08. The number of phenolic OH excluding ortho intramolecular Hbond substituents is 3. The predicted octanol–water partition coefficient (Wildman–Crippen LogP) is 7.49. The largest absolute Gasteiger partial charge is 0.507 e. The van der Waals surface area contributed by atoms with Crippen LogP contribution in [0.3, 0.4) is 0 Å². The second kappa shape index (κ2) is 17.8. The van der Waals surface area contributed by atoms with Crippen LogP contribution in [0.25, 0.3) is 0 Å². The maximum Gasteiger partial charge on any atom is 0.307 e. The van der Waals surface area contributed by atoms with Gasteiger partial charge in [-0.15, -0.1) is 0 Å². The van der Waals surface area contributed by atoms with E-state index in [0.717, 1.165) is 30.4 Å². The molecule has 0 heterocycles. The second-order valence-corrected chi connectivity index (χ2v) is 14.1. The van der Waals surface area contributed by atoms with Crippen LogP contribution in [0.2, 0.25) is 0 Å². The highest BCUT2D eigenvalue weighted by atomic mass is 16.5. The number of unbranched alkanes of at least 4 members (excludes halogenated alkanes) is 6. The molecular formula is C43H48O10. The number of fused-ring (bicyclic) bond motifs is 8. The van der Waals surface area contributed by atoms with Crippen LogP contribution in [0.5, 0.6) is 23.0 Å². The summed E-state index contributed by atoms with van der Waals surface area (Å²) in [6.07, 6.45) is 7.02. The number of benzene rings is 4. The van der Waals surface area contributed by atoms with Gasteiger partial charge in [0.05, 0.1) is 25.9 Å². The highest BCUT2D eigenvalue weighted by Crippen LogP contribution is 2.39. The maximum atomic E-state index is 11.9. The molecule has 10 nitrogen and oxygen atoms in total. The fourth-order valence-electron chi connectivity index (χ4n) is 7.29. The lowest BCUT2D eigenvalue weighted by molar-refractivity contribution is -0.137. The van der Waals surface area contributed by atoms with Crippen LogP contribution in [0, 0.1) is 0 Å². The Hall–Kier alpha value is -5.51. The van der Waals surface area contributed by atoms with Gasteiger partial charge in [0.15, 0.2) is 0 Å². The van der Waals surface area contributed by atoms with Gasteiger partial charge in [-0.05, 0) is 67.6 Å². The summed E-state index contributed by atoms with van der Waals surface area (Å²) in [4.78, 5) is 35.5. The topological polar surface area (TPSA) is 182 Å². The fourth-order valence-corrected chi connectivity index (χ4v) is 7.29. The molecule has 0 saturated heterocycles. The molecule has 53 heavy (non-hydrogen) atoms. The Morgan fingerprint density at radius 2 is 0.830 bits per heavy atom. The molecule has 5 rings (SSSR count). The number of hydrogen-bond acceptors (Lipinski definition) is 7. The molecule has 0 unspecified atom stereocenters. The minimum absolute atomic E-state index is 0.0451. The van der Waals surface area contributed by atoms with Crippen molar-refractivity contribution in [2.45, 2.75) is 96.8 Å². The molecular weight excluding hydrogens is 676 g/mol. The second-order valence-electron chi connectivity index (χ2n) is 14.1. The van der Waals surface area contributed by atoms with Gasteiger partial charge in [-0.1, -0.05) is 100 Å². The Balaban J connectivity index is 1.67. The lowest BCUT2D eigenvalue weighted by Gasteiger charge is -2.21. The van der Waals surface area contributed by atoms with Crippen LogP contribution in [-0.2, 0) is 59.3 Å². The van der Waals surface area contributed by atoms with E-state index < -0.39 is 17.9 Å². The number of para-hydroxylation sites is 1. The smallest absolute Gasteiger partial charge is 0.307 e. The molecule has 0 aliphatic heterocycles. The standard InChI is InChI=1S/C43H48O10/c1-2-3-4-5-6-7-8-12-53-43-29-10-9-11-30(43)23-32-14-27(20-38(46)47)16-34(41(32)51)25-36-18-28(21-39(48)49)17-35(42(36)52)24-33-15-26(19-37(44)45)13-31(22-29)40(33)50/h9-11,13-18,50-52H,2-8,12,19-25H2,1H3,(H,44,45)(H,46,47)(H,48,49). The SMILES string of the molecule is CCCCCCCCCOc1c2cccc1Cc1cc(CC(=O)O)cc(c1O)Cc1cc(CC(=O)O)cc(c1O)Cc1cc(CC(=O)O)cc(c1O)C2. The van der Waals surface area contributed by atoms with E-state index in [1.54, 1.807) is 36.4 Å². The van der Waals surface area contributed by atoms with E-state index in [1.165, 1.54) is 25.7 Å². The molecule has 0 spiro atoms. The Morgan fingerprint density at radius 1 is 0.509 bits per heavy atom. The molecule has 4 aromatic carbocycles. The van der Waals surface area contributed by atoms with E-state index in [0.29, 0.717) is 62.4 Å². The Bertz CT molecular complexity index is 1860. The monoisotopic (exact) mass is 724 g/mol. The number of ether oxygens (including phenoxy) is 1. The van der Waals surface area contributed by atoms with E-state index in [2.05, 4.69) is 6.92 Å². The molecule has 0 atom stereocenters. The van der Waals surface area contributed by atoms with Crippen LogP contribution in [0.15, 0.2) is 54.6 Å². The van der Waals surface area contributed by atoms with Gasteiger partial charge in [0.1, 0.15) is 23.0 Å². The lowest BCUT2D eigenvalue weighted by Crippen LogP contribution is -2.08. The van der Waals surface area contributed by atoms with E-state index >= 15 is 0 Å². The molecule has 1 aliphatic carbocycles. The van der Waals surface area contributed by atoms with Crippen molar-refractivity contribution >= 4 is 17.9 Å². The zero-order valence-corrected chi connectivity index (χ0v) is 30.1. The minimum atomic E-state index is -1.09. The van der Waals surface area contributed by atoms with Gasteiger partial charge in [0.25, 0.3) is 0 Å². The summed E-state index contributed by atoms with van der Waals surface area (Å²) in [5.74, 6) is -2.92. The summed E-state index contributed by atoms with van der Waals surface area (Å²) in [5, 5.41) is 64.0. The van der Waals surface area contributed by atoms with Crippen LogP contribution >= 0.6 is 0 Å². The zero-order valence-electron chi connectivity index (χ0n) is 30.1. The van der Waals surface area contributed by atoms with Crippen molar-refractivity contribution < 1.29 is 49.8 Å². The first-order valence-corrected chi connectivity index (χ1v) is 18.3. The predicted molar refractivity (Wildman–Crippen MR) is 199 cm³/mol. The van der Waals surface area contributed by atoms with Crippen molar-refractivity contribution in [1.29, 1.82) is 0 Å². The van der Waals surface area contributed by atoms with E-state index in [4.69, 9.17) is 4.74 Å². The van der Waals surface area contributed by atoms with Crippen molar-refractivity contribution in [3.63, 3.8) is 0 Å². The normalized spacial score (nSPS) is 12.3. The van der Waals surface area contributed by atoms with Crippen molar-refractivity contribution in [1.82, 2.24) is 0 Å². The number of aliphatic carboxylic acids is 3. The molecule has 6 N–H and O–H groups in total. The van der Waals surface area contributed by atoms with E-state index in [9.17, 15) is 45.0 Å². The summed E-state index contributed by atoms with van der Waals surface area (Å²) in [6, 6.07) is 15.2. The van der Waals surface area contributed by atoms with Gasteiger partial charge >= 0.3 is 17.9 Å². The first-order chi connectivity index (χ1) is 25.4. The van der Waals surface area contributed by atoms with Gasteiger partial charge in [0, 0.05) is 25.7 Å². The number of hydrogen-bond donors (Lipinski definition) is 6. The summed E-state index contributed by atoms with van der Waals surface area (Å²) >= 11 is 0. The van der Waals surface area contributed by atoms with Gasteiger partial charge in [-0.25, -0.2) is 0 Å². The molecule has 1 aliphatic rings. The van der Waals surface area contributed by atoms with Crippen LogP contribution < -0.4 is 4.74 Å². The number of carbonyl (C=O) groups is 3. The quantitative estimate of drug-likeness (QED) is 0.0592. The summed E-state index contributed by atoms with van der Waals surface area (Å²) < 4.78 is 6.52. The minimum Gasteiger partial charge on any atom is -0.507 e. The molecule has 0 radical (unpaired) electrons. The Morgan fingerprint density at radius 3 is 1.17 bits per heavy atom. The molecule has 8 bridgehead atoms. The number of phenols is 3. The lowest BCUT2D eigenvalue weighted by atomic mass is 9.88. The Labute approximate surface area is 309 Å². The third-order valence-corrected chi connectivity index (χ3v) is 9.74. The molecule has 280 valence electrons. The van der Waals surface area contributed by atoms with Gasteiger partial charge in [0.2, 0.25) is 0 Å². The average molecular weight is 725 g/mol. The van der Waals surface area contributed by atoms with Crippen molar-refractivity contribution in [2.75, 3.05) is 6.61 Å². The third kappa shape index (κ3) is 10.3. The molecule has 0 saturated carbocycles. The highest BCUT2D eigenvalue weighted by molar-refractivity contribution is 5.72. The van der Waals surface area contributed by atoms with Gasteiger partial charge < -0.3 is 35.4 Å². The summed E-state index contributed by atoms with van der Waals surface area (Å²) in [6.45, 7) is 2.63. The summed E-state index contributed by atoms with van der Waals surface area (Å²) in [5.41, 5.74) is 5.00.